The highest BCUT2D eigenvalue weighted by Crippen LogP contribution is 2.61. The van der Waals surface area contributed by atoms with Gasteiger partial charge in [-0.15, -0.1) is 0 Å². The zero-order valence-electron chi connectivity index (χ0n) is 14.2. The molecule has 2 fully saturated rings. The Hall–Kier alpha value is -1.55. The number of hydrogen-bond donors (Lipinski definition) is 2. The summed E-state index contributed by atoms with van der Waals surface area (Å²) < 4.78 is 5.59. The van der Waals surface area contributed by atoms with E-state index in [0.29, 0.717) is 17.8 Å². The van der Waals surface area contributed by atoms with Gasteiger partial charge in [0.05, 0.1) is 11.8 Å². The first-order chi connectivity index (χ1) is 11.6. The maximum Gasteiger partial charge on any atom is 0.262 e. The number of fused-ring (bicyclic) bond motifs is 7. The molecule has 0 saturated heterocycles. The van der Waals surface area contributed by atoms with Gasteiger partial charge in [0.25, 0.3) is 5.91 Å². The quantitative estimate of drug-likeness (QED) is 0.769. The molecule has 1 heterocycles. The van der Waals surface area contributed by atoms with Crippen molar-refractivity contribution in [3.63, 3.8) is 0 Å². The minimum Gasteiger partial charge on any atom is -0.482 e. The van der Waals surface area contributed by atoms with Gasteiger partial charge in [-0.05, 0) is 78.9 Å². The molecule has 5 atom stereocenters. The number of nitrogens with one attached hydrogen (secondary N) is 1. The highest BCUT2D eigenvalue weighted by molar-refractivity contribution is 5.96. The van der Waals surface area contributed by atoms with E-state index < -0.39 is 0 Å². The highest BCUT2D eigenvalue weighted by atomic mass is 16.5. The monoisotopic (exact) mass is 327 g/mol. The van der Waals surface area contributed by atoms with Crippen LogP contribution in [-0.4, -0.2) is 23.7 Å². The summed E-state index contributed by atoms with van der Waals surface area (Å²) in [7, 11) is 0. The van der Waals surface area contributed by atoms with E-state index in [1.807, 2.05) is 6.07 Å². The Morgan fingerprint density at radius 1 is 1.25 bits per heavy atom. The molecule has 3 aliphatic carbocycles. The average Bonchev–Trinajstić information content (AvgIpc) is 2.89. The van der Waals surface area contributed by atoms with Gasteiger partial charge < -0.3 is 15.2 Å². The van der Waals surface area contributed by atoms with Crippen LogP contribution in [0, 0.1) is 17.3 Å². The van der Waals surface area contributed by atoms with Gasteiger partial charge in [-0.3, -0.25) is 4.79 Å². The van der Waals surface area contributed by atoms with E-state index in [1.165, 1.54) is 17.5 Å². The van der Waals surface area contributed by atoms with E-state index in [-0.39, 0.29) is 24.0 Å². The maximum atomic E-state index is 11.8. The zero-order valence-corrected chi connectivity index (χ0v) is 14.2. The number of aliphatic hydroxyl groups excluding tert-OH is 1. The van der Waals surface area contributed by atoms with Crippen LogP contribution >= 0.6 is 0 Å². The number of aliphatic hydroxyl groups is 1. The molecular formula is C20H25NO3. The summed E-state index contributed by atoms with van der Waals surface area (Å²) in [6.45, 7) is 2.43. The third-order valence-electron chi connectivity index (χ3n) is 7.45. The van der Waals surface area contributed by atoms with E-state index in [2.05, 4.69) is 18.3 Å². The van der Waals surface area contributed by atoms with E-state index in [0.717, 1.165) is 43.5 Å². The Morgan fingerprint density at radius 2 is 2.12 bits per heavy atom. The third kappa shape index (κ3) is 1.86. The zero-order chi connectivity index (χ0) is 16.5. The smallest absolute Gasteiger partial charge is 0.262 e. The molecule has 24 heavy (non-hydrogen) atoms. The molecule has 0 bridgehead atoms. The molecule has 5 rings (SSSR count). The Labute approximate surface area is 142 Å². The molecule has 128 valence electrons. The van der Waals surface area contributed by atoms with Gasteiger partial charge in [0.2, 0.25) is 0 Å². The molecule has 2 saturated carbocycles. The molecule has 0 radical (unpaired) electrons. The lowest BCUT2D eigenvalue weighted by atomic mass is 9.55. The maximum absolute atomic E-state index is 11.8. The van der Waals surface area contributed by atoms with Gasteiger partial charge in [-0.25, -0.2) is 0 Å². The molecule has 2 N–H and O–H groups in total. The summed E-state index contributed by atoms with van der Waals surface area (Å²) in [5, 5.41) is 13.5. The van der Waals surface area contributed by atoms with E-state index in [9.17, 15) is 9.90 Å². The number of carbonyl (C=O) groups is 1. The van der Waals surface area contributed by atoms with Crippen LogP contribution in [0.1, 0.15) is 56.1 Å². The van der Waals surface area contributed by atoms with Crippen molar-refractivity contribution in [2.75, 3.05) is 11.9 Å². The molecule has 1 aromatic carbocycles. The lowest BCUT2D eigenvalue weighted by Gasteiger charge is -2.50. The van der Waals surface area contributed by atoms with Crippen molar-refractivity contribution < 1.29 is 14.6 Å². The normalized spacial score (nSPS) is 39.8. The number of benzene rings is 1. The van der Waals surface area contributed by atoms with Gasteiger partial charge >= 0.3 is 0 Å². The van der Waals surface area contributed by atoms with Crippen molar-refractivity contribution in [3.05, 3.63) is 23.3 Å². The van der Waals surface area contributed by atoms with Crippen LogP contribution in [0.15, 0.2) is 12.1 Å². The summed E-state index contributed by atoms with van der Waals surface area (Å²) in [6.07, 6.45) is 6.43. The van der Waals surface area contributed by atoms with Crippen LogP contribution in [0.3, 0.4) is 0 Å². The number of carbonyl (C=O) groups excluding carboxylic acids is 1. The molecule has 1 amide bonds. The molecule has 1 aromatic rings. The minimum atomic E-state index is -0.124. The Bertz CT molecular complexity index is 715. The molecule has 1 aliphatic heterocycles. The molecule has 0 spiro atoms. The second-order valence-electron chi connectivity index (χ2n) is 8.40. The van der Waals surface area contributed by atoms with Crippen molar-refractivity contribution >= 4 is 11.6 Å². The molecule has 4 nitrogen and oxygen atoms in total. The fraction of sp³-hybridized carbons (Fsp3) is 0.650. The summed E-state index contributed by atoms with van der Waals surface area (Å²) in [5.74, 6) is 2.66. The second-order valence-corrected chi connectivity index (χ2v) is 8.40. The number of hydrogen-bond acceptors (Lipinski definition) is 3. The minimum absolute atomic E-state index is 0.0480. The van der Waals surface area contributed by atoms with Crippen LogP contribution in [0.5, 0.6) is 5.75 Å². The Balaban J connectivity index is 1.54. The molecule has 0 aromatic heterocycles. The van der Waals surface area contributed by atoms with E-state index in [1.54, 1.807) is 0 Å². The standard InChI is InChI=1S/C20H25NO3/c1-20-9-8-12-11-4-6-16-19(21-18(23)10-24-16)14(11)3-2-13(12)15(20)5-7-17(20)22/h4,6,12-13,15,17,22H,2-3,5,7-10H2,1H3,(H,21,23)/t12-,13-,15+,17+,20+/m1/s1. The van der Waals surface area contributed by atoms with Gasteiger partial charge in [0, 0.05) is 0 Å². The van der Waals surface area contributed by atoms with Crippen molar-refractivity contribution in [2.24, 2.45) is 17.3 Å². The molecular weight excluding hydrogens is 302 g/mol. The molecule has 4 aliphatic rings. The fourth-order valence-electron chi connectivity index (χ4n) is 6.19. The van der Waals surface area contributed by atoms with Crippen LogP contribution in [0.25, 0.3) is 0 Å². The van der Waals surface area contributed by atoms with Gasteiger partial charge in [-0.2, -0.15) is 0 Å². The van der Waals surface area contributed by atoms with Crippen molar-refractivity contribution in [3.8, 4) is 5.75 Å². The lowest BCUT2D eigenvalue weighted by molar-refractivity contribution is -0.118. The molecule has 4 heteroatoms. The summed E-state index contributed by atoms with van der Waals surface area (Å²) in [4.78, 5) is 11.8. The predicted octanol–water partition coefficient (Wildman–Crippen LogP) is 3.23. The van der Waals surface area contributed by atoms with Crippen molar-refractivity contribution in [1.29, 1.82) is 0 Å². The van der Waals surface area contributed by atoms with Crippen LogP contribution < -0.4 is 10.1 Å². The summed E-state index contributed by atoms with van der Waals surface area (Å²) in [6, 6.07) is 4.27. The largest absolute Gasteiger partial charge is 0.482 e. The first kappa shape index (κ1) is 14.8. The predicted molar refractivity (Wildman–Crippen MR) is 91.2 cm³/mol. The first-order valence-electron chi connectivity index (χ1n) is 9.34. The Kier molecular flexibility index (Phi) is 3.06. The second kappa shape index (κ2) is 4.98. The highest BCUT2D eigenvalue weighted by Gasteiger charge is 2.54. The summed E-state index contributed by atoms with van der Waals surface area (Å²) in [5.41, 5.74) is 3.75. The van der Waals surface area contributed by atoms with E-state index >= 15 is 0 Å². The number of rotatable bonds is 0. The van der Waals surface area contributed by atoms with Crippen LogP contribution in [-0.2, 0) is 11.2 Å². The topological polar surface area (TPSA) is 58.6 Å². The van der Waals surface area contributed by atoms with E-state index in [4.69, 9.17) is 4.74 Å². The average molecular weight is 327 g/mol. The van der Waals surface area contributed by atoms with Crippen molar-refractivity contribution in [2.45, 2.75) is 57.5 Å². The van der Waals surface area contributed by atoms with Gasteiger partial charge in [-0.1, -0.05) is 13.0 Å². The fourth-order valence-corrected chi connectivity index (χ4v) is 6.19. The number of ether oxygens (including phenoxy) is 1. The van der Waals surface area contributed by atoms with Crippen LogP contribution in [0.2, 0.25) is 0 Å². The van der Waals surface area contributed by atoms with Gasteiger partial charge in [0.15, 0.2) is 6.61 Å². The van der Waals surface area contributed by atoms with Crippen molar-refractivity contribution in [1.82, 2.24) is 0 Å². The third-order valence-corrected chi connectivity index (χ3v) is 7.45. The number of anilines is 1. The summed E-state index contributed by atoms with van der Waals surface area (Å²) >= 11 is 0. The Morgan fingerprint density at radius 3 is 3.00 bits per heavy atom. The van der Waals surface area contributed by atoms with Crippen LogP contribution in [0.4, 0.5) is 5.69 Å². The molecule has 0 unspecified atom stereocenters. The first-order valence-corrected chi connectivity index (χ1v) is 9.34. The van der Waals surface area contributed by atoms with Gasteiger partial charge in [0.1, 0.15) is 5.75 Å². The number of amides is 1. The lowest BCUT2D eigenvalue weighted by Crippen LogP contribution is -2.44. The SMILES string of the molecule is C[C@]12CC[C@@H]3c4ccc5c(c4CC[C@H]3[C@@H]1CC[C@@H]2O)NC(=O)CO5.